The molecule has 0 spiro atoms. The van der Waals surface area contributed by atoms with Crippen LogP contribution >= 0.6 is 0 Å². The Hall–Kier alpha value is -1.71. The van der Waals surface area contributed by atoms with Crippen LogP contribution < -0.4 is 5.43 Å². The maximum absolute atomic E-state index is 11.7. The first-order valence-electron chi connectivity index (χ1n) is 6.11. The van der Waals surface area contributed by atoms with Crippen LogP contribution in [0.3, 0.4) is 0 Å². The molecular formula is C13H15N3O. The van der Waals surface area contributed by atoms with Gasteiger partial charge in [0.15, 0.2) is 0 Å². The van der Waals surface area contributed by atoms with E-state index < -0.39 is 0 Å². The Morgan fingerprint density at radius 3 is 3.00 bits per heavy atom. The van der Waals surface area contributed by atoms with Crippen LogP contribution in [0.25, 0.3) is 0 Å². The molecule has 2 saturated carbocycles. The second kappa shape index (κ2) is 4.28. The highest BCUT2D eigenvalue weighted by atomic mass is 16.2. The van der Waals surface area contributed by atoms with Crippen molar-refractivity contribution in [1.82, 2.24) is 10.4 Å². The van der Waals surface area contributed by atoms with Crippen molar-refractivity contribution in [2.75, 3.05) is 0 Å². The summed E-state index contributed by atoms with van der Waals surface area (Å²) in [4.78, 5) is 15.7. The van der Waals surface area contributed by atoms with E-state index in [-0.39, 0.29) is 5.91 Å². The lowest BCUT2D eigenvalue weighted by atomic mass is 9.99. The molecule has 1 aromatic rings. The summed E-state index contributed by atoms with van der Waals surface area (Å²) in [7, 11) is 0. The lowest BCUT2D eigenvalue weighted by Crippen LogP contribution is -2.22. The molecule has 3 rings (SSSR count). The molecule has 4 heteroatoms. The zero-order chi connectivity index (χ0) is 11.7. The van der Waals surface area contributed by atoms with Crippen LogP contribution in [0, 0.1) is 11.8 Å². The standard InChI is InChI=1S/C13H15N3O/c17-13(11-3-1-2-6-14-11)16-15-12-8-9-4-5-10(12)7-9/h1-3,6,9-10H,4-5,7-8H2,(H,16,17)/b15-12+/t9-,10+/m0/s1. The second-order valence-electron chi connectivity index (χ2n) is 4.84. The molecule has 1 aromatic heterocycles. The molecule has 2 atom stereocenters. The molecule has 2 aliphatic rings. The molecule has 2 bridgehead atoms. The Balaban J connectivity index is 1.65. The Morgan fingerprint density at radius 1 is 1.41 bits per heavy atom. The van der Waals surface area contributed by atoms with Crippen molar-refractivity contribution < 1.29 is 4.79 Å². The fraction of sp³-hybridized carbons (Fsp3) is 0.462. The number of amides is 1. The fourth-order valence-electron chi connectivity index (χ4n) is 2.84. The van der Waals surface area contributed by atoms with Gasteiger partial charge < -0.3 is 0 Å². The summed E-state index contributed by atoms with van der Waals surface area (Å²) >= 11 is 0. The molecule has 1 heterocycles. The van der Waals surface area contributed by atoms with Crippen molar-refractivity contribution >= 4 is 11.6 Å². The first kappa shape index (κ1) is 10.4. The van der Waals surface area contributed by atoms with Crippen LogP contribution in [0.4, 0.5) is 0 Å². The van der Waals surface area contributed by atoms with Gasteiger partial charge in [-0.1, -0.05) is 6.07 Å². The minimum absolute atomic E-state index is 0.221. The van der Waals surface area contributed by atoms with Gasteiger partial charge in [0.05, 0.1) is 0 Å². The van der Waals surface area contributed by atoms with Crippen LogP contribution in [0.1, 0.15) is 36.2 Å². The second-order valence-corrected chi connectivity index (χ2v) is 4.84. The van der Waals surface area contributed by atoms with Gasteiger partial charge in [-0.25, -0.2) is 5.43 Å². The van der Waals surface area contributed by atoms with Gasteiger partial charge in [0.1, 0.15) is 5.69 Å². The minimum atomic E-state index is -0.221. The zero-order valence-corrected chi connectivity index (χ0v) is 9.60. The molecule has 0 saturated heterocycles. The number of hydrogen-bond donors (Lipinski definition) is 1. The first-order chi connectivity index (χ1) is 8.33. The van der Waals surface area contributed by atoms with E-state index in [2.05, 4.69) is 15.5 Å². The quantitative estimate of drug-likeness (QED) is 0.788. The van der Waals surface area contributed by atoms with E-state index >= 15 is 0 Å². The normalized spacial score (nSPS) is 28.6. The smallest absolute Gasteiger partial charge is 0.266 e. The molecule has 0 aromatic carbocycles. The molecule has 4 nitrogen and oxygen atoms in total. The lowest BCUT2D eigenvalue weighted by molar-refractivity contribution is 0.0949. The Bertz CT molecular complexity index is 455. The summed E-state index contributed by atoms with van der Waals surface area (Å²) < 4.78 is 0. The Kier molecular flexibility index (Phi) is 2.63. The molecule has 88 valence electrons. The summed E-state index contributed by atoms with van der Waals surface area (Å²) in [6, 6.07) is 5.28. The van der Waals surface area contributed by atoms with Gasteiger partial charge in [0.25, 0.3) is 5.91 Å². The van der Waals surface area contributed by atoms with Gasteiger partial charge in [0.2, 0.25) is 0 Å². The summed E-state index contributed by atoms with van der Waals surface area (Å²) in [5.41, 5.74) is 4.20. The Labute approximate surface area is 100 Å². The van der Waals surface area contributed by atoms with E-state index in [1.165, 1.54) is 25.0 Å². The van der Waals surface area contributed by atoms with Crippen molar-refractivity contribution in [3.05, 3.63) is 30.1 Å². The molecule has 2 fully saturated rings. The van der Waals surface area contributed by atoms with Crippen molar-refractivity contribution in [3.63, 3.8) is 0 Å². The SMILES string of the molecule is O=C(N/N=C1\C[C@H]2CC[C@@H]1C2)c1ccccn1. The van der Waals surface area contributed by atoms with E-state index in [0.29, 0.717) is 11.6 Å². The topological polar surface area (TPSA) is 54.4 Å². The fourth-order valence-corrected chi connectivity index (χ4v) is 2.84. The van der Waals surface area contributed by atoms with Gasteiger partial charge in [0, 0.05) is 11.9 Å². The number of pyridine rings is 1. The van der Waals surface area contributed by atoms with E-state index in [0.717, 1.165) is 12.3 Å². The van der Waals surface area contributed by atoms with E-state index in [1.54, 1.807) is 24.4 Å². The molecule has 1 N–H and O–H groups in total. The van der Waals surface area contributed by atoms with E-state index in [1.807, 2.05) is 0 Å². The van der Waals surface area contributed by atoms with Crippen LogP contribution in [0.15, 0.2) is 29.5 Å². The number of hydrogen-bond acceptors (Lipinski definition) is 3. The number of carbonyl (C=O) groups is 1. The minimum Gasteiger partial charge on any atom is -0.266 e. The predicted molar refractivity (Wildman–Crippen MR) is 64.6 cm³/mol. The van der Waals surface area contributed by atoms with Crippen LogP contribution in [-0.2, 0) is 0 Å². The molecule has 0 radical (unpaired) electrons. The number of hydrazone groups is 1. The van der Waals surface area contributed by atoms with Gasteiger partial charge in [-0.2, -0.15) is 5.10 Å². The van der Waals surface area contributed by atoms with Gasteiger partial charge in [-0.3, -0.25) is 9.78 Å². The third-order valence-electron chi connectivity index (χ3n) is 3.71. The highest BCUT2D eigenvalue weighted by molar-refractivity contribution is 5.95. The first-order valence-corrected chi connectivity index (χ1v) is 6.11. The number of aromatic nitrogens is 1. The molecular weight excluding hydrogens is 214 g/mol. The maximum atomic E-state index is 11.7. The van der Waals surface area contributed by atoms with E-state index in [4.69, 9.17) is 0 Å². The van der Waals surface area contributed by atoms with Crippen molar-refractivity contribution in [2.24, 2.45) is 16.9 Å². The monoisotopic (exact) mass is 229 g/mol. The van der Waals surface area contributed by atoms with Crippen molar-refractivity contribution in [2.45, 2.75) is 25.7 Å². The van der Waals surface area contributed by atoms with Crippen LogP contribution in [-0.4, -0.2) is 16.6 Å². The summed E-state index contributed by atoms with van der Waals surface area (Å²) in [6.45, 7) is 0. The van der Waals surface area contributed by atoms with Crippen molar-refractivity contribution in [3.8, 4) is 0 Å². The lowest BCUT2D eigenvalue weighted by Gasteiger charge is -2.11. The zero-order valence-electron chi connectivity index (χ0n) is 9.60. The molecule has 17 heavy (non-hydrogen) atoms. The third-order valence-corrected chi connectivity index (χ3v) is 3.71. The average Bonchev–Trinajstić information content (AvgIpc) is 2.99. The largest absolute Gasteiger partial charge is 0.289 e. The van der Waals surface area contributed by atoms with Gasteiger partial charge in [-0.05, 0) is 49.7 Å². The number of rotatable bonds is 2. The van der Waals surface area contributed by atoms with Crippen LogP contribution in [0.2, 0.25) is 0 Å². The van der Waals surface area contributed by atoms with Gasteiger partial charge in [-0.15, -0.1) is 0 Å². The number of carbonyl (C=O) groups excluding carboxylic acids is 1. The molecule has 2 aliphatic carbocycles. The van der Waals surface area contributed by atoms with E-state index in [9.17, 15) is 4.79 Å². The summed E-state index contributed by atoms with van der Waals surface area (Å²) in [5, 5.41) is 4.26. The summed E-state index contributed by atoms with van der Waals surface area (Å²) in [6.07, 6.45) is 6.51. The number of nitrogens with one attached hydrogen (secondary N) is 1. The number of fused-ring (bicyclic) bond motifs is 2. The van der Waals surface area contributed by atoms with Crippen molar-refractivity contribution in [1.29, 1.82) is 0 Å². The molecule has 1 amide bonds. The van der Waals surface area contributed by atoms with Crippen LogP contribution in [0.5, 0.6) is 0 Å². The molecule has 0 unspecified atom stereocenters. The maximum Gasteiger partial charge on any atom is 0.289 e. The Morgan fingerprint density at radius 2 is 2.35 bits per heavy atom. The number of nitrogens with zero attached hydrogens (tertiary/aromatic N) is 2. The van der Waals surface area contributed by atoms with Gasteiger partial charge >= 0.3 is 0 Å². The average molecular weight is 229 g/mol. The summed E-state index contributed by atoms with van der Waals surface area (Å²) in [5.74, 6) is 1.20. The molecule has 0 aliphatic heterocycles. The third kappa shape index (κ3) is 2.07. The predicted octanol–water partition coefficient (Wildman–Crippen LogP) is 1.99. The highest BCUT2D eigenvalue weighted by Crippen LogP contribution is 2.42. The highest BCUT2D eigenvalue weighted by Gasteiger charge is 2.36.